The Morgan fingerprint density at radius 3 is 2.59 bits per heavy atom. The van der Waals surface area contributed by atoms with E-state index in [1.165, 1.54) is 0 Å². The molecule has 1 unspecified atom stereocenters. The summed E-state index contributed by atoms with van der Waals surface area (Å²) in [5.74, 6) is 2.77. The molecule has 0 spiro atoms. The van der Waals surface area contributed by atoms with Crippen LogP contribution in [0.3, 0.4) is 0 Å². The number of aryl methyl sites for hydroxylation is 1. The molecule has 1 aliphatic heterocycles. The topological polar surface area (TPSA) is 80.9 Å². The molecule has 8 nitrogen and oxygen atoms in total. The van der Waals surface area contributed by atoms with Gasteiger partial charge in [0.2, 0.25) is 11.7 Å². The van der Waals surface area contributed by atoms with Crippen LogP contribution in [0.15, 0.2) is 46.3 Å². The number of thiophene rings is 1. The number of aromatic nitrogens is 2. The molecule has 0 bridgehead atoms. The van der Waals surface area contributed by atoms with E-state index in [-0.39, 0.29) is 5.91 Å². The van der Waals surface area contributed by atoms with Crippen LogP contribution in [0.5, 0.6) is 11.5 Å². The third-order valence-corrected chi connectivity index (χ3v) is 6.34. The van der Waals surface area contributed by atoms with Gasteiger partial charge in [-0.05, 0) is 55.6 Å². The molecule has 3 aromatic rings. The smallest absolute Gasteiger partial charge is 0.263 e. The SMILES string of the molecule is COc1ccc(OC(C)C(=O)N2CCN(CCCc3nc(-c4cccs4)no3)CC2)cc1. The zero-order valence-corrected chi connectivity index (χ0v) is 19.2. The highest BCUT2D eigenvalue weighted by Crippen LogP contribution is 2.22. The molecular formula is C23H28N4O4S. The number of hydrogen-bond donors (Lipinski definition) is 0. The number of methoxy groups -OCH3 is 1. The van der Waals surface area contributed by atoms with Crippen molar-refractivity contribution in [2.24, 2.45) is 0 Å². The molecule has 1 aliphatic rings. The molecule has 0 saturated carbocycles. The number of amides is 1. The van der Waals surface area contributed by atoms with E-state index >= 15 is 0 Å². The fraction of sp³-hybridized carbons (Fsp3) is 0.435. The average Bonchev–Trinajstić information content (AvgIpc) is 3.52. The largest absolute Gasteiger partial charge is 0.497 e. The lowest BCUT2D eigenvalue weighted by Crippen LogP contribution is -2.52. The maximum atomic E-state index is 12.8. The fourth-order valence-electron chi connectivity index (χ4n) is 3.67. The highest BCUT2D eigenvalue weighted by atomic mass is 32.1. The van der Waals surface area contributed by atoms with Gasteiger partial charge in [-0.1, -0.05) is 11.2 Å². The molecule has 0 aliphatic carbocycles. The van der Waals surface area contributed by atoms with Crippen LogP contribution in [-0.2, 0) is 11.2 Å². The van der Waals surface area contributed by atoms with Crippen LogP contribution in [0.25, 0.3) is 10.7 Å². The Balaban J connectivity index is 1.17. The summed E-state index contributed by atoms with van der Waals surface area (Å²) in [4.78, 5) is 22.5. The second-order valence-corrected chi connectivity index (χ2v) is 8.64. The first kappa shape index (κ1) is 22.3. The van der Waals surface area contributed by atoms with E-state index in [2.05, 4.69) is 15.0 Å². The zero-order valence-electron chi connectivity index (χ0n) is 18.4. The molecule has 1 amide bonds. The minimum atomic E-state index is -0.523. The quantitative estimate of drug-likeness (QED) is 0.488. The highest BCUT2D eigenvalue weighted by molar-refractivity contribution is 7.13. The third-order valence-electron chi connectivity index (χ3n) is 5.48. The first-order valence-electron chi connectivity index (χ1n) is 10.8. The first-order valence-corrected chi connectivity index (χ1v) is 11.7. The van der Waals surface area contributed by atoms with Crippen molar-refractivity contribution in [2.45, 2.75) is 25.9 Å². The average molecular weight is 457 g/mol. The summed E-state index contributed by atoms with van der Waals surface area (Å²) in [7, 11) is 1.62. The number of nitrogens with zero attached hydrogens (tertiary/aromatic N) is 4. The summed E-state index contributed by atoms with van der Waals surface area (Å²) < 4.78 is 16.3. The van der Waals surface area contributed by atoms with E-state index in [0.29, 0.717) is 30.6 Å². The number of piperazine rings is 1. The van der Waals surface area contributed by atoms with Gasteiger partial charge < -0.3 is 18.9 Å². The number of carbonyl (C=O) groups excluding carboxylic acids is 1. The van der Waals surface area contributed by atoms with E-state index in [1.807, 2.05) is 46.7 Å². The second-order valence-electron chi connectivity index (χ2n) is 7.70. The van der Waals surface area contributed by atoms with Crippen molar-refractivity contribution in [3.8, 4) is 22.2 Å². The normalized spacial score (nSPS) is 15.5. The van der Waals surface area contributed by atoms with Crippen LogP contribution in [-0.4, -0.2) is 71.8 Å². The Morgan fingerprint density at radius 1 is 1.16 bits per heavy atom. The standard InChI is InChI=1S/C23H28N4O4S/c1-17(30-19-9-7-18(29-2)8-10-19)23(28)27-14-12-26(13-15-27)11-3-6-21-24-22(25-31-21)20-5-4-16-32-20/h4-5,7-10,16-17H,3,6,11-15H2,1-2H3. The Labute approximate surface area is 191 Å². The van der Waals surface area contributed by atoms with E-state index in [0.717, 1.165) is 43.1 Å². The van der Waals surface area contributed by atoms with Gasteiger partial charge >= 0.3 is 0 Å². The first-order chi connectivity index (χ1) is 15.6. The van der Waals surface area contributed by atoms with Gasteiger partial charge in [-0.3, -0.25) is 9.69 Å². The van der Waals surface area contributed by atoms with Gasteiger partial charge in [-0.2, -0.15) is 4.98 Å². The number of ether oxygens (including phenoxy) is 2. The molecule has 170 valence electrons. The Kier molecular flexibility index (Phi) is 7.39. The summed E-state index contributed by atoms with van der Waals surface area (Å²) in [5, 5.41) is 6.06. The number of hydrogen-bond acceptors (Lipinski definition) is 8. The van der Waals surface area contributed by atoms with E-state index in [1.54, 1.807) is 25.4 Å². The Hall–Kier alpha value is -2.91. The van der Waals surface area contributed by atoms with E-state index < -0.39 is 6.10 Å². The van der Waals surface area contributed by atoms with Crippen molar-refractivity contribution in [1.29, 1.82) is 0 Å². The lowest BCUT2D eigenvalue weighted by molar-refractivity contribution is -0.139. The van der Waals surface area contributed by atoms with Crippen molar-refractivity contribution in [3.05, 3.63) is 47.7 Å². The monoisotopic (exact) mass is 456 g/mol. The molecule has 1 fully saturated rings. The van der Waals surface area contributed by atoms with Crippen LogP contribution in [0.1, 0.15) is 19.2 Å². The Morgan fingerprint density at radius 2 is 1.91 bits per heavy atom. The summed E-state index contributed by atoms with van der Waals surface area (Å²) in [6.45, 7) is 5.86. The van der Waals surface area contributed by atoms with Crippen molar-refractivity contribution in [1.82, 2.24) is 19.9 Å². The molecular weight excluding hydrogens is 428 g/mol. The molecule has 9 heteroatoms. The minimum absolute atomic E-state index is 0.0208. The maximum absolute atomic E-state index is 12.8. The van der Waals surface area contributed by atoms with Gasteiger partial charge in [-0.25, -0.2) is 0 Å². The molecule has 0 N–H and O–H groups in total. The fourth-order valence-corrected chi connectivity index (χ4v) is 4.32. The van der Waals surface area contributed by atoms with Crippen molar-refractivity contribution < 1.29 is 18.8 Å². The van der Waals surface area contributed by atoms with Crippen LogP contribution in [0, 0.1) is 0 Å². The molecule has 3 heterocycles. The van der Waals surface area contributed by atoms with Crippen molar-refractivity contribution in [2.75, 3.05) is 39.8 Å². The zero-order chi connectivity index (χ0) is 22.3. The van der Waals surface area contributed by atoms with Gasteiger partial charge in [0.25, 0.3) is 5.91 Å². The highest BCUT2D eigenvalue weighted by Gasteiger charge is 2.26. The third kappa shape index (κ3) is 5.66. The lowest BCUT2D eigenvalue weighted by Gasteiger charge is -2.35. The second kappa shape index (κ2) is 10.6. The van der Waals surface area contributed by atoms with E-state index in [9.17, 15) is 4.79 Å². The molecule has 1 saturated heterocycles. The molecule has 2 aromatic heterocycles. The van der Waals surface area contributed by atoms with E-state index in [4.69, 9.17) is 14.0 Å². The maximum Gasteiger partial charge on any atom is 0.263 e. The van der Waals surface area contributed by atoms with Gasteiger partial charge in [-0.15, -0.1) is 11.3 Å². The van der Waals surface area contributed by atoms with Crippen LogP contribution in [0.2, 0.25) is 0 Å². The molecule has 1 aromatic carbocycles. The number of carbonyl (C=O) groups is 1. The number of benzene rings is 1. The van der Waals surface area contributed by atoms with Gasteiger partial charge in [0.1, 0.15) is 11.5 Å². The number of rotatable bonds is 9. The van der Waals surface area contributed by atoms with Crippen LogP contribution in [0.4, 0.5) is 0 Å². The van der Waals surface area contributed by atoms with Crippen molar-refractivity contribution >= 4 is 17.2 Å². The minimum Gasteiger partial charge on any atom is -0.497 e. The van der Waals surface area contributed by atoms with Gasteiger partial charge in [0.05, 0.1) is 12.0 Å². The predicted molar refractivity (Wildman–Crippen MR) is 122 cm³/mol. The summed E-state index contributed by atoms with van der Waals surface area (Å²) in [6, 6.07) is 11.2. The Bertz CT molecular complexity index is 982. The van der Waals surface area contributed by atoms with Crippen molar-refractivity contribution in [3.63, 3.8) is 0 Å². The molecule has 32 heavy (non-hydrogen) atoms. The summed E-state index contributed by atoms with van der Waals surface area (Å²) >= 11 is 1.60. The molecule has 0 radical (unpaired) electrons. The predicted octanol–water partition coefficient (Wildman–Crippen LogP) is 3.35. The summed E-state index contributed by atoms with van der Waals surface area (Å²) in [5.41, 5.74) is 0. The summed E-state index contributed by atoms with van der Waals surface area (Å²) in [6.07, 6.45) is 1.17. The molecule has 4 rings (SSSR count). The van der Waals surface area contributed by atoms with Crippen LogP contribution < -0.4 is 9.47 Å². The van der Waals surface area contributed by atoms with Gasteiger partial charge in [0.15, 0.2) is 6.10 Å². The molecule has 1 atom stereocenters. The van der Waals surface area contributed by atoms with Crippen LogP contribution >= 0.6 is 11.3 Å². The van der Waals surface area contributed by atoms with Gasteiger partial charge in [0, 0.05) is 32.6 Å². The lowest BCUT2D eigenvalue weighted by atomic mass is 10.2.